The lowest BCUT2D eigenvalue weighted by Gasteiger charge is -2.24. The summed E-state index contributed by atoms with van der Waals surface area (Å²) < 4.78 is 28.5. The van der Waals surface area contributed by atoms with E-state index in [4.69, 9.17) is 0 Å². The van der Waals surface area contributed by atoms with Crippen molar-refractivity contribution < 1.29 is 13.2 Å². The highest BCUT2D eigenvalue weighted by molar-refractivity contribution is 9.10. The van der Waals surface area contributed by atoms with Crippen LogP contribution in [0, 0.1) is 0 Å². The van der Waals surface area contributed by atoms with E-state index >= 15 is 0 Å². The molecule has 1 N–H and O–H groups in total. The molecule has 0 aliphatic carbocycles. The quantitative estimate of drug-likeness (QED) is 0.485. The van der Waals surface area contributed by atoms with Crippen LogP contribution in [0.15, 0.2) is 88.2 Å². The van der Waals surface area contributed by atoms with Crippen LogP contribution >= 0.6 is 15.9 Å². The van der Waals surface area contributed by atoms with Gasteiger partial charge >= 0.3 is 0 Å². The second-order valence-electron chi connectivity index (χ2n) is 7.09. The highest BCUT2D eigenvalue weighted by Crippen LogP contribution is 2.27. The molecule has 0 saturated heterocycles. The first-order chi connectivity index (χ1) is 14.3. The van der Waals surface area contributed by atoms with E-state index < -0.39 is 15.9 Å². The summed E-state index contributed by atoms with van der Waals surface area (Å²) in [5, 5.41) is 2.87. The molecule has 3 rings (SSSR count). The van der Waals surface area contributed by atoms with Crippen LogP contribution in [-0.2, 0) is 14.8 Å². The second-order valence-corrected chi connectivity index (χ2v) is 9.87. The third-order valence-electron chi connectivity index (χ3n) is 4.57. The minimum absolute atomic E-state index is 0.125. The van der Waals surface area contributed by atoms with E-state index in [2.05, 4.69) is 21.2 Å². The van der Waals surface area contributed by atoms with Gasteiger partial charge in [-0.2, -0.15) is 0 Å². The Morgan fingerprint density at radius 2 is 1.63 bits per heavy atom. The zero-order valence-electron chi connectivity index (χ0n) is 16.7. The first-order valence-electron chi connectivity index (χ1n) is 9.51. The molecule has 7 heteroatoms. The standard InChI is InChI=1S/C23H23BrN2O3S/c1-17(2)21-13-6-7-14-22(21)25-23(27)16-26(19-10-8-9-18(24)15-19)30(28,29)20-11-4-3-5-12-20/h3-15,17H,16H2,1-2H3,(H,25,27). The number of nitrogens with zero attached hydrogens (tertiary/aromatic N) is 1. The molecule has 0 atom stereocenters. The number of rotatable bonds is 7. The molecular formula is C23H23BrN2O3S. The highest BCUT2D eigenvalue weighted by atomic mass is 79.9. The van der Waals surface area contributed by atoms with Crippen LogP contribution in [0.25, 0.3) is 0 Å². The number of carbonyl (C=O) groups is 1. The predicted molar refractivity (Wildman–Crippen MR) is 124 cm³/mol. The maximum absolute atomic E-state index is 13.3. The third kappa shape index (κ3) is 5.09. The summed E-state index contributed by atoms with van der Waals surface area (Å²) in [6.07, 6.45) is 0. The monoisotopic (exact) mass is 486 g/mol. The SMILES string of the molecule is CC(C)c1ccccc1NC(=O)CN(c1cccc(Br)c1)S(=O)(=O)c1ccccc1. The molecule has 30 heavy (non-hydrogen) atoms. The van der Waals surface area contributed by atoms with Crippen molar-refractivity contribution in [2.75, 3.05) is 16.2 Å². The zero-order valence-corrected chi connectivity index (χ0v) is 19.2. The van der Waals surface area contributed by atoms with Crippen LogP contribution in [0.5, 0.6) is 0 Å². The van der Waals surface area contributed by atoms with Crippen LogP contribution in [0.1, 0.15) is 25.3 Å². The summed E-state index contributed by atoms with van der Waals surface area (Å²) in [5.41, 5.74) is 2.08. The molecule has 0 aromatic heterocycles. The van der Waals surface area contributed by atoms with Gasteiger partial charge < -0.3 is 5.32 Å². The maximum Gasteiger partial charge on any atom is 0.264 e. The van der Waals surface area contributed by atoms with Gasteiger partial charge in [-0.3, -0.25) is 9.10 Å². The van der Waals surface area contributed by atoms with Gasteiger partial charge in [0.2, 0.25) is 5.91 Å². The van der Waals surface area contributed by atoms with E-state index in [1.807, 2.05) is 38.1 Å². The molecule has 0 aliphatic heterocycles. The highest BCUT2D eigenvalue weighted by Gasteiger charge is 2.27. The molecule has 1 amide bonds. The minimum Gasteiger partial charge on any atom is -0.324 e. The largest absolute Gasteiger partial charge is 0.324 e. The molecular weight excluding hydrogens is 464 g/mol. The summed E-state index contributed by atoms with van der Waals surface area (Å²) in [7, 11) is -3.93. The Balaban J connectivity index is 1.95. The number of hydrogen-bond donors (Lipinski definition) is 1. The van der Waals surface area contributed by atoms with Gasteiger partial charge in [-0.15, -0.1) is 0 Å². The van der Waals surface area contributed by atoms with Gasteiger partial charge in [0.05, 0.1) is 10.6 Å². The van der Waals surface area contributed by atoms with Crippen LogP contribution in [0.3, 0.4) is 0 Å². The number of nitrogens with one attached hydrogen (secondary N) is 1. The number of benzene rings is 3. The van der Waals surface area contributed by atoms with Gasteiger partial charge in [0.15, 0.2) is 0 Å². The topological polar surface area (TPSA) is 66.5 Å². The van der Waals surface area contributed by atoms with E-state index in [0.29, 0.717) is 11.4 Å². The van der Waals surface area contributed by atoms with Gasteiger partial charge in [0.1, 0.15) is 6.54 Å². The van der Waals surface area contributed by atoms with E-state index in [9.17, 15) is 13.2 Å². The number of amides is 1. The third-order valence-corrected chi connectivity index (χ3v) is 6.85. The van der Waals surface area contributed by atoms with Crippen molar-refractivity contribution in [3.63, 3.8) is 0 Å². The average Bonchev–Trinajstić information content (AvgIpc) is 2.73. The van der Waals surface area contributed by atoms with E-state index in [1.54, 1.807) is 42.5 Å². The molecule has 156 valence electrons. The van der Waals surface area contributed by atoms with Crippen molar-refractivity contribution in [2.24, 2.45) is 0 Å². The average molecular weight is 487 g/mol. The summed E-state index contributed by atoms with van der Waals surface area (Å²) >= 11 is 3.38. The molecule has 0 radical (unpaired) electrons. The molecule has 0 heterocycles. The first-order valence-corrected chi connectivity index (χ1v) is 11.7. The second kappa shape index (κ2) is 9.45. The Kier molecular flexibility index (Phi) is 6.95. The van der Waals surface area contributed by atoms with Gasteiger partial charge in [-0.25, -0.2) is 8.42 Å². The van der Waals surface area contributed by atoms with E-state index in [1.165, 1.54) is 12.1 Å². The summed E-state index contributed by atoms with van der Waals surface area (Å²) in [6, 6.07) is 22.5. The van der Waals surface area contributed by atoms with Crippen molar-refractivity contribution in [1.82, 2.24) is 0 Å². The fourth-order valence-electron chi connectivity index (χ4n) is 3.10. The van der Waals surface area contributed by atoms with Gasteiger partial charge in [0.25, 0.3) is 10.0 Å². The van der Waals surface area contributed by atoms with E-state index in [-0.39, 0.29) is 17.4 Å². The van der Waals surface area contributed by atoms with Crippen molar-refractivity contribution in [1.29, 1.82) is 0 Å². The lowest BCUT2D eigenvalue weighted by Crippen LogP contribution is -2.38. The maximum atomic E-state index is 13.3. The molecule has 0 spiro atoms. The van der Waals surface area contributed by atoms with Gasteiger partial charge in [-0.1, -0.05) is 72.2 Å². The summed E-state index contributed by atoms with van der Waals surface area (Å²) in [6.45, 7) is 3.73. The number of anilines is 2. The number of para-hydroxylation sites is 1. The Hall–Kier alpha value is -2.64. The van der Waals surface area contributed by atoms with Crippen molar-refractivity contribution in [3.05, 3.63) is 88.9 Å². The lowest BCUT2D eigenvalue weighted by molar-refractivity contribution is -0.114. The smallest absolute Gasteiger partial charge is 0.264 e. The Bertz CT molecular complexity index is 1130. The van der Waals surface area contributed by atoms with Gasteiger partial charge in [-0.05, 0) is 47.9 Å². The summed E-state index contributed by atoms with van der Waals surface area (Å²) in [5.74, 6) is -0.196. The number of carbonyl (C=O) groups excluding carboxylic acids is 1. The lowest BCUT2D eigenvalue weighted by atomic mass is 10.0. The fraction of sp³-hybridized carbons (Fsp3) is 0.174. The molecule has 5 nitrogen and oxygen atoms in total. The number of hydrogen-bond acceptors (Lipinski definition) is 3. The summed E-state index contributed by atoms with van der Waals surface area (Å²) in [4.78, 5) is 13.0. The predicted octanol–water partition coefficient (Wildman–Crippen LogP) is 5.41. The van der Waals surface area contributed by atoms with Crippen molar-refractivity contribution >= 4 is 43.2 Å². The zero-order chi connectivity index (χ0) is 21.7. The van der Waals surface area contributed by atoms with Crippen LogP contribution < -0.4 is 9.62 Å². The Morgan fingerprint density at radius 1 is 0.967 bits per heavy atom. The first kappa shape index (κ1) is 22.1. The normalized spacial score (nSPS) is 11.3. The molecule has 0 aliphatic rings. The van der Waals surface area contributed by atoms with Crippen LogP contribution in [0.2, 0.25) is 0 Å². The Morgan fingerprint density at radius 3 is 2.30 bits per heavy atom. The molecule has 0 saturated carbocycles. The number of sulfonamides is 1. The van der Waals surface area contributed by atoms with Crippen LogP contribution in [0.4, 0.5) is 11.4 Å². The van der Waals surface area contributed by atoms with Crippen LogP contribution in [-0.4, -0.2) is 20.9 Å². The molecule has 3 aromatic carbocycles. The Labute approximate surface area is 185 Å². The minimum atomic E-state index is -3.93. The fourth-order valence-corrected chi connectivity index (χ4v) is 4.92. The van der Waals surface area contributed by atoms with Crippen molar-refractivity contribution in [3.8, 4) is 0 Å². The molecule has 3 aromatic rings. The molecule has 0 unspecified atom stereocenters. The van der Waals surface area contributed by atoms with E-state index in [0.717, 1.165) is 14.3 Å². The number of halogens is 1. The van der Waals surface area contributed by atoms with Gasteiger partial charge in [0, 0.05) is 10.2 Å². The van der Waals surface area contributed by atoms with Crippen molar-refractivity contribution in [2.45, 2.75) is 24.7 Å². The molecule has 0 bridgehead atoms. The molecule has 0 fully saturated rings.